The molecule has 2 aromatic rings. The number of pyridine rings is 1. The van der Waals surface area contributed by atoms with Crippen LogP contribution in [0.3, 0.4) is 0 Å². The molecule has 0 radical (unpaired) electrons. The summed E-state index contributed by atoms with van der Waals surface area (Å²) in [6, 6.07) is 9.60. The van der Waals surface area contributed by atoms with Crippen LogP contribution in [0.25, 0.3) is 0 Å². The van der Waals surface area contributed by atoms with Gasteiger partial charge < -0.3 is 11.1 Å². The number of nitrogens with zero attached hydrogens (tertiary/aromatic N) is 1. The zero-order chi connectivity index (χ0) is 15.4. The first-order valence-electron chi connectivity index (χ1n) is 7.07. The smallest absolute Gasteiger partial charge is 0.230 e. The second kappa shape index (κ2) is 6.39. The molecule has 0 fully saturated rings. The molecular weight excluding hydrogens is 262 g/mol. The monoisotopic (exact) mass is 283 g/mol. The van der Waals surface area contributed by atoms with Gasteiger partial charge in [0.2, 0.25) is 5.91 Å². The van der Waals surface area contributed by atoms with Gasteiger partial charge in [0.25, 0.3) is 0 Å². The lowest BCUT2D eigenvalue weighted by atomic mass is 9.98. The number of para-hydroxylation sites is 1. The summed E-state index contributed by atoms with van der Waals surface area (Å²) in [5.74, 6) is 0.290. The normalized spacial score (nSPS) is 10.7. The molecule has 0 aliphatic carbocycles. The molecule has 4 nitrogen and oxygen atoms in total. The minimum absolute atomic E-state index is 0.0662. The Kier molecular flexibility index (Phi) is 4.58. The Morgan fingerprint density at radius 2 is 2.05 bits per heavy atom. The van der Waals surface area contributed by atoms with E-state index in [2.05, 4.69) is 30.2 Å². The predicted octanol–water partition coefficient (Wildman–Crippen LogP) is 3.28. The fourth-order valence-corrected chi connectivity index (χ4v) is 2.23. The average molecular weight is 283 g/mol. The second-order valence-electron chi connectivity index (χ2n) is 5.50. The minimum Gasteiger partial charge on any atom is -0.397 e. The lowest BCUT2D eigenvalue weighted by molar-refractivity contribution is -0.115. The molecule has 1 heterocycles. The van der Waals surface area contributed by atoms with Gasteiger partial charge in [-0.05, 0) is 36.1 Å². The molecule has 21 heavy (non-hydrogen) atoms. The Labute approximate surface area is 125 Å². The van der Waals surface area contributed by atoms with E-state index in [-0.39, 0.29) is 12.3 Å². The molecule has 0 aliphatic rings. The summed E-state index contributed by atoms with van der Waals surface area (Å²) < 4.78 is 0. The van der Waals surface area contributed by atoms with Crippen LogP contribution in [-0.4, -0.2) is 10.9 Å². The van der Waals surface area contributed by atoms with E-state index < -0.39 is 0 Å². The van der Waals surface area contributed by atoms with Crippen LogP contribution in [0, 0.1) is 6.92 Å². The van der Waals surface area contributed by atoms with Gasteiger partial charge in [-0.25, -0.2) is 0 Å². The van der Waals surface area contributed by atoms with Crippen molar-refractivity contribution < 1.29 is 4.79 Å². The van der Waals surface area contributed by atoms with Gasteiger partial charge in [-0.1, -0.05) is 32.0 Å². The van der Waals surface area contributed by atoms with Crippen molar-refractivity contribution in [2.75, 3.05) is 11.1 Å². The van der Waals surface area contributed by atoms with Crippen LogP contribution < -0.4 is 11.1 Å². The molecular formula is C17H21N3O. The average Bonchev–Trinajstić information content (AvgIpc) is 2.43. The van der Waals surface area contributed by atoms with Crippen molar-refractivity contribution in [1.82, 2.24) is 4.98 Å². The molecule has 1 aromatic carbocycles. The number of nitrogens with one attached hydrogen (secondary N) is 1. The van der Waals surface area contributed by atoms with Crippen LogP contribution >= 0.6 is 0 Å². The Morgan fingerprint density at radius 3 is 2.67 bits per heavy atom. The molecule has 0 atom stereocenters. The summed E-state index contributed by atoms with van der Waals surface area (Å²) in [5.41, 5.74) is 10.0. The van der Waals surface area contributed by atoms with Crippen LogP contribution in [0.4, 0.5) is 11.4 Å². The highest BCUT2D eigenvalue weighted by Gasteiger charge is 2.12. The number of hydrogen-bond donors (Lipinski definition) is 2. The lowest BCUT2D eigenvalue weighted by Crippen LogP contribution is -2.17. The van der Waals surface area contributed by atoms with Crippen LogP contribution in [0.2, 0.25) is 0 Å². The third kappa shape index (κ3) is 3.81. The topological polar surface area (TPSA) is 68.0 Å². The maximum Gasteiger partial charge on any atom is 0.230 e. The van der Waals surface area contributed by atoms with Gasteiger partial charge in [0.05, 0.1) is 18.3 Å². The molecule has 3 N–H and O–H groups in total. The zero-order valence-corrected chi connectivity index (χ0v) is 12.7. The molecule has 1 amide bonds. The van der Waals surface area contributed by atoms with Crippen LogP contribution in [0.15, 0.2) is 36.5 Å². The quantitative estimate of drug-likeness (QED) is 0.904. The molecule has 110 valence electrons. The molecule has 0 saturated carbocycles. The van der Waals surface area contributed by atoms with Crippen LogP contribution in [0.5, 0.6) is 0 Å². The Morgan fingerprint density at radius 1 is 1.29 bits per heavy atom. The van der Waals surface area contributed by atoms with Crippen molar-refractivity contribution in [3.8, 4) is 0 Å². The number of hydrogen-bond acceptors (Lipinski definition) is 3. The molecule has 0 aliphatic heterocycles. The highest BCUT2D eigenvalue weighted by atomic mass is 16.1. The van der Waals surface area contributed by atoms with E-state index in [1.807, 2.05) is 19.1 Å². The van der Waals surface area contributed by atoms with Crippen molar-refractivity contribution in [2.24, 2.45) is 0 Å². The van der Waals surface area contributed by atoms with Gasteiger partial charge >= 0.3 is 0 Å². The number of nitrogen functional groups attached to an aromatic ring is 1. The van der Waals surface area contributed by atoms with E-state index in [9.17, 15) is 4.79 Å². The number of carbonyl (C=O) groups excluding carboxylic acids is 1. The summed E-state index contributed by atoms with van der Waals surface area (Å²) in [7, 11) is 0. The minimum atomic E-state index is -0.0662. The third-order valence-corrected chi connectivity index (χ3v) is 3.38. The first kappa shape index (κ1) is 15.0. The second-order valence-corrected chi connectivity index (χ2v) is 5.50. The molecule has 0 spiro atoms. The van der Waals surface area contributed by atoms with Gasteiger partial charge in [0, 0.05) is 11.4 Å². The number of anilines is 2. The molecule has 4 heteroatoms. The van der Waals surface area contributed by atoms with Crippen LogP contribution in [0.1, 0.15) is 36.6 Å². The highest BCUT2D eigenvalue weighted by Crippen LogP contribution is 2.27. The van der Waals surface area contributed by atoms with Gasteiger partial charge in [-0.2, -0.15) is 0 Å². The van der Waals surface area contributed by atoms with Crippen molar-refractivity contribution in [3.05, 3.63) is 53.3 Å². The summed E-state index contributed by atoms with van der Waals surface area (Å²) in [6.07, 6.45) is 1.81. The number of carbonyl (C=O) groups is 1. The SMILES string of the molecule is Cc1cccc(C(C)C)c1NC(=O)Cc1ccc(N)cn1. The van der Waals surface area contributed by atoms with Crippen molar-refractivity contribution in [1.29, 1.82) is 0 Å². The first-order valence-corrected chi connectivity index (χ1v) is 7.07. The van der Waals surface area contributed by atoms with Crippen molar-refractivity contribution >= 4 is 17.3 Å². The van der Waals surface area contributed by atoms with Gasteiger partial charge in [0.15, 0.2) is 0 Å². The largest absolute Gasteiger partial charge is 0.397 e. The fraction of sp³-hybridized carbons (Fsp3) is 0.294. The van der Waals surface area contributed by atoms with Crippen LogP contribution in [-0.2, 0) is 11.2 Å². The van der Waals surface area contributed by atoms with E-state index in [1.54, 1.807) is 18.3 Å². The van der Waals surface area contributed by atoms with Gasteiger partial charge in [-0.15, -0.1) is 0 Å². The summed E-state index contributed by atoms with van der Waals surface area (Å²) in [4.78, 5) is 16.4. The van der Waals surface area contributed by atoms with E-state index >= 15 is 0 Å². The number of nitrogens with two attached hydrogens (primary N) is 1. The van der Waals surface area contributed by atoms with Crippen molar-refractivity contribution in [2.45, 2.75) is 33.1 Å². The molecule has 0 saturated heterocycles. The van der Waals surface area contributed by atoms with Gasteiger partial charge in [0.1, 0.15) is 0 Å². The summed E-state index contributed by atoms with van der Waals surface area (Å²) >= 11 is 0. The molecule has 0 bridgehead atoms. The predicted molar refractivity (Wildman–Crippen MR) is 86.3 cm³/mol. The number of amides is 1. The molecule has 2 rings (SSSR count). The van der Waals surface area contributed by atoms with Crippen molar-refractivity contribution in [3.63, 3.8) is 0 Å². The summed E-state index contributed by atoms with van der Waals surface area (Å²) in [5, 5.41) is 3.01. The standard InChI is InChI=1S/C17H21N3O/c1-11(2)15-6-4-5-12(3)17(15)20-16(21)9-14-8-7-13(18)10-19-14/h4-8,10-11H,9,18H2,1-3H3,(H,20,21). The fourth-order valence-electron chi connectivity index (χ4n) is 2.23. The van der Waals surface area contributed by atoms with E-state index in [1.165, 1.54) is 0 Å². The molecule has 1 aromatic heterocycles. The number of aryl methyl sites for hydroxylation is 1. The van der Waals surface area contributed by atoms with E-state index in [0.717, 1.165) is 16.8 Å². The lowest BCUT2D eigenvalue weighted by Gasteiger charge is -2.16. The zero-order valence-electron chi connectivity index (χ0n) is 12.7. The number of aromatic nitrogens is 1. The Hall–Kier alpha value is -2.36. The molecule has 0 unspecified atom stereocenters. The maximum atomic E-state index is 12.2. The maximum absolute atomic E-state index is 12.2. The Balaban J connectivity index is 2.14. The Bertz CT molecular complexity index is 633. The van der Waals surface area contributed by atoms with E-state index in [4.69, 9.17) is 5.73 Å². The third-order valence-electron chi connectivity index (χ3n) is 3.38. The first-order chi connectivity index (χ1) is 9.97. The summed E-state index contributed by atoms with van der Waals surface area (Å²) in [6.45, 7) is 6.24. The van der Waals surface area contributed by atoms with Gasteiger partial charge in [-0.3, -0.25) is 9.78 Å². The number of rotatable bonds is 4. The highest BCUT2D eigenvalue weighted by molar-refractivity contribution is 5.93. The van der Waals surface area contributed by atoms with E-state index in [0.29, 0.717) is 17.3 Å². The number of benzene rings is 1.